The Hall–Kier alpha value is -1.62. The lowest BCUT2D eigenvalue weighted by atomic mass is 9.96. The molecule has 19 heavy (non-hydrogen) atoms. The maximum atomic E-state index is 4.41. The average Bonchev–Trinajstić information content (AvgIpc) is 2.83. The largest absolute Gasteiger partial charge is 0.368 e. The van der Waals surface area contributed by atoms with Crippen LogP contribution in [-0.4, -0.2) is 34.2 Å². The Bertz CT molecular complexity index is 542. The van der Waals surface area contributed by atoms with Crippen LogP contribution in [0.3, 0.4) is 0 Å². The van der Waals surface area contributed by atoms with E-state index in [4.69, 9.17) is 0 Å². The van der Waals surface area contributed by atoms with E-state index in [9.17, 15) is 0 Å². The first-order chi connectivity index (χ1) is 9.34. The van der Waals surface area contributed by atoms with Gasteiger partial charge in [0.05, 0.1) is 11.8 Å². The van der Waals surface area contributed by atoms with Crippen molar-refractivity contribution in [2.45, 2.75) is 19.3 Å². The summed E-state index contributed by atoms with van der Waals surface area (Å²) in [5.74, 6) is 1.70. The molecule has 0 spiro atoms. The van der Waals surface area contributed by atoms with Gasteiger partial charge in [-0.3, -0.25) is 0 Å². The zero-order valence-electron chi connectivity index (χ0n) is 11.4. The number of nitrogens with one attached hydrogen (secondary N) is 2. The quantitative estimate of drug-likeness (QED) is 0.878. The fourth-order valence-electron chi connectivity index (χ4n) is 2.76. The van der Waals surface area contributed by atoms with Crippen LogP contribution >= 0.6 is 0 Å². The molecule has 0 radical (unpaired) electrons. The fraction of sp³-hybridized carbons (Fsp3) is 0.571. The van der Waals surface area contributed by atoms with Crippen LogP contribution in [0.15, 0.2) is 18.6 Å². The zero-order valence-corrected chi connectivity index (χ0v) is 11.4. The summed E-state index contributed by atoms with van der Waals surface area (Å²) in [5.41, 5.74) is 2.09. The van der Waals surface area contributed by atoms with Gasteiger partial charge in [-0.1, -0.05) is 0 Å². The first-order valence-electron chi connectivity index (χ1n) is 7.05. The zero-order chi connectivity index (χ0) is 13.1. The Balaban J connectivity index is 1.62. The van der Waals surface area contributed by atoms with Gasteiger partial charge in [-0.2, -0.15) is 0 Å². The standard InChI is InChI=1S/C14H21N5/c1-19-10-18-13-12(19)5-8-17-14(13)16-7-4-11-3-2-6-15-9-11/h5,8,10-11,15H,2-4,6-7,9H2,1H3,(H,16,17). The van der Waals surface area contributed by atoms with Gasteiger partial charge in [-0.15, -0.1) is 0 Å². The molecule has 0 aliphatic carbocycles. The summed E-state index contributed by atoms with van der Waals surface area (Å²) >= 11 is 0. The van der Waals surface area contributed by atoms with E-state index in [0.29, 0.717) is 0 Å². The highest BCUT2D eigenvalue weighted by Crippen LogP contribution is 2.19. The monoisotopic (exact) mass is 259 g/mol. The maximum absolute atomic E-state index is 4.41. The number of hydrogen-bond acceptors (Lipinski definition) is 4. The van der Waals surface area contributed by atoms with Gasteiger partial charge in [0.25, 0.3) is 0 Å². The van der Waals surface area contributed by atoms with E-state index < -0.39 is 0 Å². The molecular weight excluding hydrogens is 238 g/mol. The molecule has 3 rings (SSSR count). The van der Waals surface area contributed by atoms with E-state index in [1.165, 1.54) is 25.8 Å². The SMILES string of the molecule is Cn1cnc2c(NCCC3CCCNC3)nccc21. The van der Waals surface area contributed by atoms with Gasteiger partial charge in [0.15, 0.2) is 5.82 Å². The Morgan fingerprint density at radius 1 is 1.47 bits per heavy atom. The third-order valence-electron chi connectivity index (χ3n) is 3.89. The topological polar surface area (TPSA) is 54.8 Å². The minimum atomic E-state index is 0.796. The van der Waals surface area contributed by atoms with Crippen LogP contribution in [-0.2, 0) is 7.05 Å². The lowest BCUT2D eigenvalue weighted by Gasteiger charge is -2.22. The molecule has 1 atom stereocenters. The molecule has 0 aromatic carbocycles. The van der Waals surface area contributed by atoms with E-state index in [0.717, 1.165) is 35.9 Å². The third kappa shape index (κ3) is 2.71. The van der Waals surface area contributed by atoms with Crippen LogP contribution in [0.25, 0.3) is 11.0 Å². The second kappa shape index (κ2) is 5.57. The Morgan fingerprint density at radius 3 is 3.26 bits per heavy atom. The molecule has 1 aliphatic heterocycles. The van der Waals surface area contributed by atoms with E-state index >= 15 is 0 Å². The third-order valence-corrected chi connectivity index (χ3v) is 3.89. The highest BCUT2D eigenvalue weighted by Gasteiger charge is 2.13. The molecule has 5 heteroatoms. The molecule has 3 heterocycles. The smallest absolute Gasteiger partial charge is 0.154 e. The fourth-order valence-corrected chi connectivity index (χ4v) is 2.76. The van der Waals surface area contributed by atoms with Gasteiger partial charge in [0.1, 0.15) is 5.52 Å². The van der Waals surface area contributed by atoms with Crippen LogP contribution in [0.1, 0.15) is 19.3 Å². The molecule has 102 valence electrons. The maximum Gasteiger partial charge on any atom is 0.154 e. The number of rotatable bonds is 4. The number of piperidine rings is 1. The molecule has 1 fully saturated rings. The first-order valence-corrected chi connectivity index (χ1v) is 7.05. The van der Waals surface area contributed by atoms with E-state index in [1.54, 1.807) is 0 Å². The molecule has 1 saturated heterocycles. The molecular formula is C14H21N5. The van der Waals surface area contributed by atoms with Crippen LogP contribution < -0.4 is 10.6 Å². The summed E-state index contributed by atoms with van der Waals surface area (Å²) in [5, 5.41) is 6.89. The summed E-state index contributed by atoms with van der Waals surface area (Å²) in [6.07, 6.45) is 7.52. The molecule has 0 saturated carbocycles. The van der Waals surface area contributed by atoms with Gasteiger partial charge in [-0.05, 0) is 44.3 Å². The average molecular weight is 259 g/mol. The van der Waals surface area contributed by atoms with Gasteiger partial charge < -0.3 is 15.2 Å². The second-order valence-electron chi connectivity index (χ2n) is 5.31. The summed E-state index contributed by atoms with van der Waals surface area (Å²) in [6, 6.07) is 2.00. The number of anilines is 1. The van der Waals surface area contributed by atoms with E-state index in [-0.39, 0.29) is 0 Å². The molecule has 2 aromatic rings. The number of fused-ring (bicyclic) bond motifs is 1. The first kappa shape index (κ1) is 12.4. The summed E-state index contributed by atoms with van der Waals surface area (Å²) in [7, 11) is 2.01. The van der Waals surface area contributed by atoms with Crippen molar-refractivity contribution in [3.8, 4) is 0 Å². The van der Waals surface area contributed by atoms with E-state index in [2.05, 4.69) is 20.6 Å². The van der Waals surface area contributed by atoms with Crippen molar-refractivity contribution in [3.63, 3.8) is 0 Å². The summed E-state index contributed by atoms with van der Waals surface area (Å²) in [6.45, 7) is 3.30. The lowest BCUT2D eigenvalue weighted by Crippen LogP contribution is -2.30. The number of hydrogen-bond donors (Lipinski definition) is 2. The molecule has 1 unspecified atom stereocenters. The number of aromatic nitrogens is 3. The minimum absolute atomic E-state index is 0.796. The van der Waals surface area contributed by atoms with Gasteiger partial charge in [0, 0.05) is 19.8 Å². The van der Waals surface area contributed by atoms with Crippen molar-refractivity contribution in [2.75, 3.05) is 25.0 Å². The van der Waals surface area contributed by atoms with Crippen LogP contribution in [0, 0.1) is 5.92 Å². The predicted octanol–water partition coefficient (Wildman–Crippen LogP) is 1.77. The highest BCUT2D eigenvalue weighted by molar-refractivity contribution is 5.85. The molecule has 1 aliphatic rings. The minimum Gasteiger partial charge on any atom is -0.368 e. The van der Waals surface area contributed by atoms with Crippen molar-refractivity contribution in [3.05, 3.63) is 18.6 Å². The van der Waals surface area contributed by atoms with Gasteiger partial charge in [0.2, 0.25) is 0 Å². The van der Waals surface area contributed by atoms with Crippen molar-refractivity contribution < 1.29 is 0 Å². The molecule has 0 bridgehead atoms. The number of pyridine rings is 1. The molecule has 0 amide bonds. The Morgan fingerprint density at radius 2 is 2.42 bits per heavy atom. The molecule has 2 N–H and O–H groups in total. The van der Waals surface area contributed by atoms with Crippen LogP contribution in [0.2, 0.25) is 0 Å². The summed E-state index contributed by atoms with van der Waals surface area (Å²) in [4.78, 5) is 8.81. The predicted molar refractivity (Wildman–Crippen MR) is 77.2 cm³/mol. The lowest BCUT2D eigenvalue weighted by molar-refractivity contribution is 0.364. The Labute approximate surface area is 113 Å². The number of aryl methyl sites for hydroxylation is 1. The number of nitrogens with zero attached hydrogens (tertiary/aromatic N) is 3. The normalized spacial score (nSPS) is 19.7. The van der Waals surface area contributed by atoms with Crippen LogP contribution in [0.5, 0.6) is 0 Å². The van der Waals surface area contributed by atoms with Gasteiger partial charge >= 0.3 is 0 Å². The van der Waals surface area contributed by atoms with Crippen LogP contribution in [0.4, 0.5) is 5.82 Å². The van der Waals surface area contributed by atoms with Crippen molar-refractivity contribution >= 4 is 16.9 Å². The van der Waals surface area contributed by atoms with Crippen molar-refractivity contribution in [2.24, 2.45) is 13.0 Å². The van der Waals surface area contributed by atoms with Crippen molar-refractivity contribution in [1.82, 2.24) is 19.9 Å². The Kier molecular flexibility index (Phi) is 3.64. The highest BCUT2D eigenvalue weighted by atomic mass is 15.1. The van der Waals surface area contributed by atoms with Gasteiger partial charge in [-0.25, -0.2) is 9.97 Å². The second-order valence-corrected chi connectivity index (χ2v) is 5.31. The summed E-state index contributed by atoms with van der Waals surface area (Å²) < 4.78 is 2.02. The number of imidazole rings is 1. The molecule has 5 nitrogen and oxygen atoms in total. The van der Waals surface area contributed by atoms with E-state index in [1.807, 2.05) is 30.2 Å². The van der Waals surface area contributed by atoms with Crippen molar-refractivity contribution in [1.29, 1.82) is 0 Å². The molecule has 2 aromatic heterocycles.